The minimum Gasteiger partial charge on any atom is -0.497 e. The maximum atomic E-state index is 12.8. The predicted octanol–water partition coefficient (Wildman–Crippen LogP) is 5.77. The van der Waals surface area contributed by atoms with Gasteiger partial charge in [0.15, 0.2) is 5.82 Å². The normalized spacial score (nSPS) is 12.1. The van der Waals surface area contributed by atoms with Gasteiger partial charge in [-0.3, -0.25) is 4.79 Å². The number of benzene rings is 2. The molecular formula is C25H20IN3O2S. The molecule has 32 heavy (non-hydrogen) atoms. The molecule has 5 rings (SSSR count). The van der Waals surface area contributed by atoms with Crippen molar-refractivity contribution in [2.45, 2.75) is 19.3 Å². The summed E-state index contributed by atoms with van der Waals surface area (Å²) in [7, 11) is 1.68. The maximum Gasteiger partial charge on any atom is 0.230 e. The molecule has 160 valence electrons. The van der Waals surface area contributed by atoms with Gasteiger partial charge in [-0.2, -0.15) is 0 Å². The van der Waals surface area contributed by atoms with Crippen LogP contribution in [0, 0.1) is 3.57 Å². The summed E-state index contributed by atoms with van der Waals surface area (Å²) in [4.78, 5) is 23.7. The van der Waals surface area contributed by atoms with Crippen LogP contribution in [0.25, 0.3) is 21.8 Å². The lowest BCUT2D eigenvalue weighted by Crippen LogP contribution is -2.18. The number of halogens is 1. The van der Waals surface area contributed by atoms with Gasteiger partial charge in [0.2, 0.25) is 5.91 Å². The molecule has 1 amide bonds. The van der Waals surface area contributed by atoms with Crippen molar-refractivity contribution in [2.24, 2.45) is 0 Å². The second kappa shape index (κ2) is 8.99. The third-order valence-corrected chi connectivity index (χ3v) is 7.05. The Morgan fingerprint density at radius 3 is 2.69 bits per heavy atom. The molecule has 4 aromatic rings. The number of anilines is 1. The van der Waals surface area contributed by atoms with Crippen molar-refractivity contribution < 1.29 is 9.53 Å². The monoisotopic (exact) mass is 553 g/mol. The van der Waals surface area contributed by atoms with Gasteiger partial charge in [-0.25, -0.2) is 9.97 Å². The molecule has 0 bridgehead atoms. The Balaban J connectivity index is 1.51. The van der Waals surface area contributed by atoms with Crippen LogP contribution >= 0.6 is 33.9 Å². The number of nitrogens with zero attached hydrogens (tertiary/aromatic N) is 2. The molecule has 2 aromatic carbocycles. The average molecular weight is 553 g/mol. The van der Waals surface area contributed by atoms with Gasteiger partial charge in [-0.05, 0) is 88.3 Å². The second-order valence-corrected chi connectivity index (χ2v) is 9.76. The molecule has 1 aliphatic carbocycles. The minimum absolute atomic E-state index is 0.0980. The van der Waals surface area contributed by atoms with E-state index in [-0.39, 0.29) is 5.91 Å². The van der Waals surface area contributed by atoms with Crippen molar-refractivity contribution in [3.05, 3.63) is 80.4 Å². The summed E-state index contributed by atoms with van der Waals surface area (Å²) in [5, 5.41) is 5.03. The molecule has 5 nitrogen and oxygen atoms in total. The van der Waals surface area contributed by atoms with Gasteiger partial charge < -0.3 is 10.1 Å². The molecule has 0 unspecified atom stereocenters. The summed E-state index contributed by atoms with van der Waals surface area (Å²) >= 11 is 3.84. The van der Waals surface area contributed by atoms with E-state index in [4.69, 9.17) is 14.7 Å². The molecule has 0 spiro atoms. The van der Waals surface area contributed by atoms with E-state index in [1.807, 2.05) is 53.9 Å². The Bertz CT molecular complexity index is 1290. The molecule has 0 radical (unpaired) electrons. The highest BCUT2D eigenvalue weighted by molar-refractivity contribution is 14.1. The van der Waals surface area contributed by atoms with E-state index in [1.54, 1.807) is 18.4 Å². The third-order valence-electron chi connectivity index (χ3n) is 5.46. The summed E-state index contributed by atoms with van der Waals surface area (Å²) in [6.07, 6.45) is 1.93. The zero-order valence-electron chi connectivity index (χ0n) is 17.4. The van der Waals surface area contributed by atoms with Gasteiger partial charge in [0.05, 0.1) is 29.8 Å². The van der Waals surface area contributed by atoms with E-state index in [1.165, 1.54) is 5.56 Å². The molecule has 0 aliphatic heterocycles. The smallest absolute Gasteiger partial charge is 0.230 e. The highest BCUT2D eigenvalue weighted by Gasteiger charge is 2.24. The van der Waals surface area contributed by atoms with Crippen molar-refractivity contribution >= 4 is 45.7 Å². The van der Waals surface area contributed by atoms with Crippen LogP contribution in [0.1, 0.15) is 16.8 Å². The van der Waals surface area contributed by atoms with Crippen LogP contribution in [-0.2, 0) is 24.1 Å². The highest BCUT2D eigenvalue weighted by Crippen LogP contribution is 2.38. The van der Waals surface area contributed by atoms with Gasteiger partial charge in [0.1, 0.15) is 11.4 Å². The predicted molar refractivity (Wildman–Crippen MR) is 136 cm³/mol. The number of ether oxygens (including phenoxy) is 1. The summed E-state index contributed by atoms with van der Waals surface area (Å²) in [5.74, 6) is 1.27. The molecule has 0 fully saturated rings. The number of hydrogen-bond donors (Lipinski definition) is 1. The Morgan fingerprint density at radius 1 is 1.09 bits per heavy atom. The first-order valence-corrected chi connectivity index (χ1v) is 12.2. The van der Waals surface area contributed by atoms with Crippen LogP contribution in [0.2, 0.25) is 0 Å². The first-order valence-electron chi connectivity index (χ1n) is 10.3. The van der Waals surface area contributed by atoms with Crippen LogP contribution in [0.15, 0.2) is 60.0 Å². The fourth-order valence-corrected chi connectivity index (χ4v) is 4.96. The number of aromatic nitrogens is 2. The minimum atomic E-state index is -0.0980. The van der Waals surface area contributed by atoms with E-state index in [0.717, 1.165) is 49.6 Å². The number of carbonyl (C=O) groups excluding carboxylic acids is 1. The fraction of sp³-hybridized carbons (Fsp3) is 0.160. The highest BCUT2D eigenvalue weighted by atomic mass is 127. The zero-order chi connectivity index (χ0) is 22.1. The fourth-order valence-electron chi connectivity index (χ4n) is 3.88. The summed E-state index contributed by atoms with van der Waals surface area (Å²) in [6, 6.07) is 18.0. The molecule has 0 atom stereocenters. The lowest BCUT2D eigenvalue weighted by atomic mass is 9.91. The number of aryl methyl sites for hydroxylation is 2. The molecule has 2 aromatic heterocycles. The van der Waals surface area contributed by atoms with E-state index in [2.05, 4.69) is 34.0 Å². The molecule has 0 saturated heterocycles. The SMILES string of the molecule is COc1ccc2c(c1)CCc1nc(NC(=O)Cc3ccc(I)cc3)c(-c3cccs3)nc1-2. The molecule has 2 heterocycles. The Hall–Kier alpha value is -2.78. The van der Waals surface area contributed by atoms with Crippen LogP contribution in [0.3, 0.4) is 0 Å². The molecular weight excluding hydrogens is 533 g/mol. The lowest BCUT2D eigenvalue weighted by Gasteiger charge is -2.21. The van der Waals surface area contributed by atoms with Crippen LogP contribution < -0.4 is 10.1 Å². The van der Waals surface area contributed by atoms with Crippen molar-refractivity contribution in [3.8, 4) is 27.6 Å². The standard InChI is InChI=1S/C25H20IN3O2S/c1-31-18-9-10-19-16(14-18)6-11-20-23(19)29-24(21-3-2-12-32-21)25(27-20)28-22(30)13-15-4-7-17(26)8-5-15/h2-5,7-10,12,14H,6,11,13H2,1H3,(H,27,28,30). The molecule has 7 heteroatoms. The van der Waals surface area contributed by atoms with Crippen molar-refractivity contribution in [3.63, 3.8) is 0 Å². The van der Waals surface area contributed by atoms with Crippen molar-refractivity contribution in [2.75, 3.05) is 12.4 Å². The van der Waals surface area contributed by atoms with Gasteiger partial charge in [-0.1, -0.05) is 18.2 Å². The number of nitrogens with one attached hydrogen (secondary N) is 1. The Labute approximate surface area is 204 Å². The number of methoxy groups -OCH3 is 1. The zero-order valence-corrected chi connectivity index (χ0v) is 20.4. The van der Waals surface area contributed by atoms with Gasteiger partial charge >= 0.3 is 0 Å². The van der Waals surface area contributed by atoms with Crippen LogP contribution in [0.5, 0.6) is 5.75 Å². The average Bonchev–Trinajstić information content (AvgIpc) is 3.34. The maximum absolute atomic E-state index is 12.8. The van der Waals surface area contributed by atoms with Gasteiger partial charge in [0.25, 0.3) is 0 Å². The summed E-state index contributed by atoms with van der Waals surface area (Å²) in [6.45, 7) is 0. The van der Waals surface area contributed by atoms with Gasteiger partial charge in [0, 0.05) is 9.13 Å². The van der Waals surface area contributed by atoms with E-state index in [9.17, 15) is 4.79 Å². The lowest BCUT2D eigenvalue weighted by molar-refractivity contribution is -0.115. The largest absolute Gasteiger partial charge is 0.497 e. The van der Waals surface area contributed by atoms with Crippen LogP contribution in [0.4, 0.5) is 5.82 Å². The first-order chi connectivity index (χ1) is 15.6. The van der Waals surface area contributed by atoms with E-state index in [0.29, 0.717) is 17.9 Å². The van der Waals surface area contributed by atoms with Gasteiger partial charge in [-0.15, -0.1) is 11.3 Å². The number of hydrogen-bond acceptors (Lipinski definition) is 5. The molecule has 1 aliphatic rings. The molecule has 1 N–H and O–H groups in total. The van der Waals surface area contributed by atoms with Crippen molar-refractivity contribution in [1.29, 1.82) is 0 Å². The Kier molecular flexibility index (Phi) is 5.93. The topological polar surface area (TPSA) is 64.1 Å². The number of amides is 1. The second-order valence-electron chi connectivity index (χ2n) is 7.57. The number of fused-ring (bicyclic) bond motifs is 3. The van der Waals surface area contributed by atoms with Crippen molar-refractivity contribution in [1.82, 2.24) is 9.97 Å². The summed E-state index contributed by atoms with van der Waals surface area (Å²) < 4.78 is 6.53. The van der Waals surface area contributed by atoms with Crippen LogP contribution in [-0.4, -0.2) is 23.0 Å². The number of thiophene rings is 1. The quantitative estimate of drug-likeness (QED) is 0.319. The number of rotatable bonds is 5. The first kappa shape index (κ1) is 21.1. The third kappa shape index (κ3) is 4.27. The molecule has 0 saturated carbocycles. The number of carbonyl (C=O) groups is 1. The van der Waals surface area contributed by atoms with E-state index >= 15 is 0 Å². The van der Waals surface area contributed by atoms with E-state index < -0.39 is 0 Å². The Morgan fingerprint density at radius 2 is 1.94 bits per heavy atom. The summed E-state index contributed by atoms with van der Waals surface area (Å²) in [5.41, 5.74) is 5.75.